The summed E-state index contributed by atoms with van der Waals surface area (Å²) in [4.78, 5) is 4.40. The van der Waals surface area contributed by atoms with E-state index in [4.69, 9.17) is 4.74 Å². The number of aliphatic hydroxyl groups excluding tert-OH is 3. The molecule has 4 rings (SSSR count). The van der Waals surface area contributed by atoms with E-state index in [2.05, 4.69) is 4.98 Å². The topological polar surface area (TPSA) is 87.7 Å². The Bertz CT molecular complexity index is 923. The van der Waals surface area contributed by atoms with Crippen LogP contribution in [0.15, 0.2) is 48.8 Å². The van der Waals surface area contributed by atoms with Gasteiger partial charge in [-0.3, -0.25) is 0 Å². The molecule has 2 aromatic carbocycles. The van der Waals surface area contributed by atoms with Gasteiger partial charge in [0, 0.05) is 13.5 Å². The summed E-state index contributed by atoms with van der Waals surface area (Å²) in [5, 5.41) is 29.8. The normalized spacial score (nSPS) is 26.3. The van der Waals surface area contributed by atoms with Crippen LogP contribution in [0, 0.1) is 0 Å². The third kappa shape index (κ3) is 3.01. The monoisotopic (exact) mass is 354 g/mol. The fraction of sp³-hybridized carbons (Fsp3) is 0.350. The molecule has 0 bridgehead atoms. The van der Waals surface area contributed by atoms with Gasteiger partial charge in [0.25, 0.3) is 0 Å². The van der Waals surface area contributed by atoms with Crippen LogP contribution >= 0.6 is 0 Å². The van der Waals surface area contributed by atoms with Crippen LogP contribution < -0.4 is 0 Å². The Morgan fingerprint density at radius 2 is 1.96 bits per heavy atom. The molecule has 0 spiro atoms. The van der Waals surface area contributed by atoms with Crippen LogP contribution in [0.25, 0.3) is 22.2 Å². The molecule has 0 amide bonds. The molecule has 6 nitrogen and oxygen atoms in total. The van der Waals surface area contributed by atoms with Gasteiger partial charge in [-0.2, -0.15) is 0 Å². The standard InChI is InChI=1S/C20H22N2O4/c1-22-11-21-16-8-13(5-6-17(16)22)12-3-2-4-14(7-12)20-19(25)18(24)9-15(10-23)26-20/h2-8,11,15,18-20,23-25H,9-10H2,1H3. The fourth-order valence-electron chi connectivity index (χ4n) is 3.56. The second-order valence-corrected chi connectivity index (χ2v) is 6.84. The van der Waals surface area contributed by atoms with Crippen molar-refractivity contribution in [2.24, 2.45) is 7.05 Å². The lowest BCUT2D eigenvalue weighted by atomic mass is 9.91. The molecule has 6 heteroatoms. The maximum Gasteiger partial charge on any atom is 0.111 e. The lowest BCUT2D eigenvalue weighted by Crippen LogP contribution is -2.44. The van der Waals surface area contributed by atoms with Crippen molar-refractivity contribution in [3.8, 4) is 11.1 Å². The average molecular weight is 354 g/mol. The first-order valence-electron chi connectivity index (χ1n) is 8.70. The van der Waals surface area contributed by atoms with Crippen LogP contribution in [0.1, 0.15) is 18.1 Å². The van der Waals surface area contributed by atoms with Crippen molar-refractivity contribution in [2.75, 3.05) is 6.61 Å². The Hall–Kier alpha value is -2.25. The molecule has 0 aliphatic carbocycles. The van der Waals surface area contributed by atoms with Crippen LogP contribution in [-0.2, 0) is 11.8 Å². The Balaban J connectivity index is 1.69. The largest absolute Gasteiger partial charge is 0.394 e. The number of aryl methyl sites for hydroxylation is 1. The molecule has 26 heavy (non-hydrogen) atoms. The van der Waals surface area contributed by atoms with Gasteiger partial charge < -0.3 is 24.6 Å². The van der Waals surface area contributed by atoms with Crippen molar-refractivity contribution < 1.29 is 20.1 Å². The van der Waals surface area contributed by atoms with Crippen molar-refractivity contribution >= 4 is 11.0 Å². The average Bonchev–Trinajstić information content (AvgIpc) is 3.04. The third-order valence-electron chi connectivity index (χ3n) is 5.03. The smallest absolute Gasteiger partial charge is 0.111 e. The van der Waals surface area contributed by atoms with E-state index in [0.29, 0.717) is 0 Å². The zero-order valence-corrected chi connectivity index (χ0v) is 14.5. The van der Waals surface area contributed by atoms with Gasteiger partial charge in [0.2, 0.25) is 0 Å². The number of aromatic nitrogens is 2. The van der Waals surface area contributed by atoms with Crippen molar-refractivity contribution in [3.05, 3.63) is 54.4 Å². The summed E-state index contributed by atoms with van der Waals surface area (Å²) >= 11 is 0. The van der Waals surface area contributed by atoms with Crippen LogP contribution in [-0.4, -0.2) is 49.8 Å². The summed E-state index contributed by atoms with van der Waals surface area (Å²) < 4.78 is 7.76. The maximum absolute atomic E-state index is 10.3. The van der Waals surface area contributed by atoms with Crippen LogP contribution in [0.2, 0.25) is 0 Å². The van der Waals surface area contributed by atoms with E-state index < -0.39 is 24.4 Å². The Kier molecular flexibility index (Phi) is 4.50. The highest BCUT2D eigenvalue weighted by molar-refractivity contribution is 5.82. The summed E-state index contributed by atoms with van der Waals surface area (Å²) in [6.45, 7) is -0.184. The molecule has 2 heterocycles. The molecule has 4 atom stereocenters. The maximum atomic E-state index is 10.3. The predicted molar refractivity (Wildman–Crippen MR) is 97.5 cm³/mol. The Morgan fingerprint density at radius 1 is 1.15 bits per heavy atom. The quantitative estimate of drug-likeness (QED) is 0.667. The summed E-state index contributed by atoms with van der Waals surface area (Å²) in [5.41, 5.74) is 4.74. The second-order valence-electron chi connectivity index (χ2n) is 6.84. The van der Waals surface area contributed by atoms with E-state index in [1.807, 2.05) is 54.1 Å². The van der Waals surface area contributed by atoms with Gasteiger partial charge >= 0.3 is 0 Å². The van der Waals surface area contributed by atoms with E-state index in [9.17, 15) is 15.3 Å². The number of rotatable bonds is 3. The first-order valence-corrected chi connectivity index (χ1v) is 8.70. The number of fused-ring (bicyclic) bond motifs is 1. The Labute approximate surface area is 151 Å². The minimum absolute atomic E-state index is 0.184. The van der Waals surface area contributed by atoms with Crippen molar-refractivity contribution in [1.82, 2.24) is 9.55 Å². The van der Waals surface area contributed by atoms with Gasteiger partial charge in [-0.1, -0.05) is 24.3 Å². The lowest BCUT2D eigenvalue weighted by molar-refractivity contribution is -0.179. The van der Waals surface area contributed by atoms with E-state index in [-0.39, 0.29) is 13.0 Å². The first-order chi connectivity index (χ1) is 12.6. The first kappa shape index (κ1) is 17.2. The summed E-state index contributed by atoms with van der Waals surface area (Å²) in [5.74, 6) is 0. The number of hydrogen-bond acceptors (Lipinski definition) is 5. The summed E-state index contributed by atoms with van der Waals surface area (Å²) in [6.07, 6.45) is -1.08. The molecule has 3 N–H and O–H groups in total. The minimum atomic E-state index is -1.02. The molecule has 1 aliphatic rings. The SMILES string of the molecule is Cn1cnc2cc(-c3cccc(C4OC(CO)CC(O)C4O)c3)ccc21. The van der Waals surface area contributed by atoms with Crippen LogP contribution in [0.5, 0.6) is 0 Å². The minimum Gasteiger partial charge on any atom is -0.394 e. The molecule has 1 fully saturated rings. The number of nitrogens with zero attached hydrogens (tertiary/aromatic N) is 2. The zero-order valence-electron chi connectivity index (χ0n) is 14.5. The highest BCUT2D eigenvalue weighted by atomic mass is 16.5. The molecule has 1 aromatic heterocycles. The number of imidazole rings is 1. The molecule has 4 unspecified atom stereocenters. The van der Waals surface area contributed by atoms with Gasteiger partial charge in [0.1, 0.15) is 12.2 Å². The Morgan fingerprint density at radius 3 is 2.77 bits per heavy atom. The molecule has 1 aliphatic heterocycles. The molecule has 1 saturated heterocycles. The van der Waals surface area contributed by atoms with Gasteiger partial charge in [0.05, 0.1) is 36.2 Å². The lowest BCUT2D eigenvalue weighted by Gasteiger charge is -2.37. The van der Waals surface area contributed by atoms with Crippen molar-refractivity contribution in [3.63, 3.8) is 0 Å². The van der Waals surface area contributed by atoms with E-state index in [1.54, 1.807) is 6.33 Å². The van der Waals surface area contributed by atoms with E-state index in [0.717, 1.165) is 27.7 Å². The highest BCUT2D eigenvalue weighted by Gasteiger charge is 2.37. The summed E-state index contributed by atoms with van der Waals surface area (Å²) in [6, 6.07) is 13.8. The van der Waals surface area contributed by atoms with E-state index >= 15 is 0 Å². The van der Waals surface area contributed by atoms with Crippen LogP contribution in [0.3, 0.4) is 0 Å². The molecule has 0 saturated carbocycles. The number of ether oxygens (including phenoxy) is 1. The van der Waals surface area contributed by atoms with Gasteiger partial charge in [0.15, 0.2) is 0 Å². The van der Waals surface area contributed by atoms with Crippen LogP contribution in [0.4, 0.5) is 0 Å². The zero-order chi connectivity index (χ0) is 18.3. The van der Waals surface area contributed by atoms with Gasteiger partial charge in [-0.25, -0.2) is 4.98 Å². The molecule has 0 radical (unpaired) electrons. The molecular formula is C20H22N2O4. The second kappa shape index (κ2) is 6.81. The fourth-order valence-corrected chi connectivity index (χ4v) is 3.56. The molecular weight excluding hydrogens is 332 g/mol. The van der Waals surface area contributed by atoms with Crippen molar-refractivity contribution in [2.45, 2.75) is 30.8 Å². The third-order valence-corrected chi connectivity index (χ3v) is 5.03. The number of benzene rings is 2. The van der Waals surface area contributed by atoms with Gasteiger partial charge in [-0.05, 0) is 34.9 Å². The van der Waals surface area contributed by atoms with Crippen molar-refractivity contribution in [1.29, 1.82) is 0 Å². The highest BCUT2D eigenvalue weighted by Crippen LogP contribution is 2.34. The summed E-state index contributed by atoms with van der Waals surface area (Å²) in [7, 11) is 1.96. The predicted octanol–water partition coefficient (Wildman–Crippen LogP) is 1.78. The van der Waals surface area contributed by atoms with E-state index in [1.165, 1.54) is 0 Å². The number of hydrogen-bond donors (Lipinski definition) is 3. The number of aliphatic hydroxyl groups is 3. The molecule has 3 aromatic rings. The van der Waals surface area contributed by atoms with Gasteiger partial charge in [-0.15, -0.1) is 0 Å². The molecule has 136 valence electrons.